The number of para-hydroxylation sites is 1. The van der Waals surface area contributed by atoms with E-state index in [-0.39, 0.29) is 37.0 Å². The lowest BCUT2D eigenvalue weighted by Gasteiger charge is -2.34. The van der Waals surface area contributed by atoms with Crippen molar-refractivity contribution in [1.82, 2.24) is 9.80 Å². The molecule has 0 saturated carbocycles. The molecule has 7 heteroatoms. The van der Waals surface area contributed by atoms with E-state index >= 15 is 0 Å². The molecule has 208 valence electrons. The first kappa shape index (κ1) is 28.5. The van der Waals surface area contributed by atoms with Crippen molar-refractivity contribution in [1.29, 1.82) is 0 Å². The van der Waals surface area contributed by atoms with Gasteiger partial charge in [0, 0.05) is 50.9 Å². The summed E-state index contributed by atoms with van der Waals surface area (Å²) in [7, 11) is 6.06. The number of likely N-dealkylation sites (N-methyl/N-ethyl adjacent to an activating group) is 1. The minimum atomic E-state index is -0.256. The summed E-state index contributed by atoms with van der Waals surface area (Å²) in [6.45, 7) is 5.91. The van der Waals surface area contributed by atoms with Gasteiger partial charge < -0.3 is 24.4 Å². The third-order valence-electron chi connectivity index (χ3n) is 7.26. The Morgan fingerprint density at radius 3 is 2.38 bits per heavy atom. The second-order valence-electron chi connectivity index (χ2n) is 10.8. The number of hydrogen-bond donors (Lipinski definition) is 1. The molecule has 0 unspecified atom stereocenters. The van der Waals surface area contributed by atoms with Crippen LogP contribution >= 0.6 is 0 Å². The summed E-state index contributed by atoms with van der Waals surface area (Å²) >= 11 is 0. The molecule has 3 atom stereocenters. The third-order valence-corrected chi connectivity index (χ3v) is 7.26. The van der Waals surface area contributed by atoms with Gasteiger partial charge in [0.1, 0.15) is 23.4 Å². The summed E-state index contributed by atoms with van der Waals surface area (Å²) in [5.74, 6) is 2.44. The van der Waals surface area contributed by atoms with Gasteiger partial charge in [-0.3, -0.25) is 9.69 Å². The number of benzene rings is 3. The van der Waals surface area contributed by atoms with Crippen LogP contribution in [-0.4, -0.2) is 73.8 Å². The van der Waals surface area contributed by atoms with Crippen LogP contribution in [0.2, 0.25) is 0 Å². The standard InChI is InChI=1S/C32H41N3O4/c1-23-19-35(24(2)22-36)32(37)18-26-17-27(33(3)4)13-16-30(26)39-31(23)21-34(5)20-25-11-14-29(15-12-25)38-28-9-7-6-8-10-28/h6-17,23-24,31,36H,18-22H2,1-5H3/t23-,24+,31-/m1/s1. The predicted molar refractivity (Wildman–Crippen MR) is 156 cm³/mol. The van der Waals surface area contributed by atoms with E-state index in [0.29, 0.717) is 13.1 Å². The summed E-state index contributed by atoms with van der Waals surface area (Å²) < 4.78 is 12.6. The van der Waals surface area contributed by atoms with E-state index in [0.717, 1.165) is 35.0 Å². The molecule has 3 aromatic rings. The quantitative estimate of drug-likeness (QED) is 0.427. The highest BCUT2D eigenvalue weighted by Gasteiger charge is 2.31. The number of amides is 1. The first-order valence-corrected chi connectivity index (χ1v) is 13.6. The van der Waals surface area contributed by atoms with Crippen molar-refractivity contribution < 1.29 is 19.4 Å². The summed E-state index contributed by atoms with van der Waals surface area (Å²) in [5, 5.41) is 9.86. The van der Waals surface area contributed by atoms with Gasteiger partial charge >= 0.3 is 0 Å². The average molecular weight is 532 g/mol. The molecular formula is C32H41N3O4. The second-order valence-corrected chi connectivity index (χ2v) is 10.8. The van der Waals surface area contributed by atoms with Crippen LogP contribution < -0.4 is 14.4 Å². The highest BCUT2D eigenvalue weighted by molar-refractivity contribution is 5.80. The van der Waals surface area contributed by atoms with Crippen LogP contribution in [0.5, 0.6) is 17.2 Å². The smallest absolute Gasteiger partial charge is 0.227 e. The molecule has 0 aromatic heterocycles. The van der Waals surface area contributed by atoms with E-state index in [1.54, 1.807) is 0 Å². The van der Waals surface area contributed by atoms with Gasteiger partial charge in [0.15, 0.2) is 0 Å². The van der Waals surface area contributed by atoms with Crippen molar-refractivity contribution in [2.24, 2.45) is 5.92 Å². The predicted octanol–water partition coefficient (Wildman–Crippen LogP) is 4.83. The minimum absolute atomic E-state index is 0.0102. The number of ether oxygens (including phenoxy) is 2. The lowest BCUT2D eigenvalue weighted by molar-refractivity contribution is -0.134. The number of fused-ring (bicyclic) bond motifs is 1. The average Bonchev–Trinajstić information content (AvgIpc) is 2.97. The van der Waals surface area contributed by atoms with Gasteiger partial charge in [0.2, 0.25) is 5.91 Å². The Morgan fingerprint density at radius 2 is 1.72 bits per heavy atom. The van der Waals surface area contributed by atoms with Crippen LogP contribution in [0, 0.1) is 5.92 Å². The molecule has 7 nitrogen and oxygen atoms in total. The van der Waals surface area contributed by atoms with Crippen LogP contribution in [0.1, 0.15) is 25.0 Å². The minimum Gasteiger partial charge on any atom is -0.488 e. The molecule has 39 heavy (non-hydrogen) atoms. The molecule has 0 radical (unpaired) electrons. The molecule has 4 rings (SSSR count). The lowest BCUT2D eigenvalue weighted by atomic mass is 10.0. The lowest BCUT2D eigenvalue weighted by Crippen LogP contribution is -2.47. The summed E-state index contributed by atoms with van der Waals surface area (Å²) in [5.41, 5.74) is 3.07. The monoisotopic (exact) mass is 531 g/mol. The van der Waals surface area contributed by atoms with Gasteiger partial charge in [-0.1, -0.05) is 37.3 Å². The first-order valence-electron chi connectivity index (χ1n) is 13.6. The van der Waals surface area contributed by atoms with Gasteiger partial charge in [-0.2, -0.15) is 0 Å². The maximum atomic E-state index is 13.3. The fourth-order valence-electron chi connectivity index (χ4n) is 4.88. The van der Waals surface area contributed by atoms with Crippen LogP contribution in [0.4, 0.5) is 5.69 Å². The molecular weight excluding hydrogens is 490 g/mol. The molecule has 0 bridgehead atoms. The highest BCUT2D eigenvalue weighted by atomic mass is 16.5. The van der Waals surface area contributed by atoms with E-state index in [2.05, 4.69) is 31.0 Å². The number of rotatable bonds is 9. The van der Waals surface area contributed by atoms with Crippen LogP contribution in [-0.2, 0) is 17.8 Å². The molecule has 0 saturated heterocycles. The van der Waals surface area contributed by atoms with Crippen molar-refractivity contribution in [2.45, 2.75) is 39.0 Å². The van der Waals surface area contributed by atoms with Gasteiger partial charge in [0.25, 0.3) is 0 Å². The SMILES string of the molecule is C[C@@H]1CN([C@@H](C)CO)C(=O)Cc2cc(N(C)C)ccc2O[C@@H]1CN(C)Cc1ccc(Oc2ccccc2)cc1. The van der Waals surface area contributed by atoms with E-state index in [9.17, 15) is 9.90 Å². The van der Waals surface area contributed by atoms with Crippen LogP contribution in [0.3, 0.4) is 0 Å². The van der Waals surface area contributed by atoms with Gasteiger partial charge in [0.05, 0.1) is 19.1 Å². The first-order chi connectivity index (χ1) is 18.7. The van der Waals surface area contributed by atoms with Crippen LogP contribution in [0.25, 0.3) is 0 Å². The third kappa shape index (κ3) is 7.52. The zero-order chi connectivity index (χ0) is 27.9. The molecule has 3 aromatic carbocycles. The highest BCUT2D eigenvalue weighted by Crippen LogP contribution is 2.30. The molecule has 0 aliphatic carbocycles. The molecule has 0 fully saturated rings. The number of carbonyl (C=O) groups is 1. The van der Waals surface area contributed by atoms with Crippen molar-refractivity contribution >= 4 is 11.6 Å². The number of nitrogens with zero attached hydrogens (tertiary/aromatic N) is 3. The Hall–Kier alpha value is -3.55. The van der Waals surface area contributed by atoms with E-state index in [1.165, 1.54) is 5.56 Å². The van der Waals surface area contributed by atoms with Gasteiger partial charge in [-0.15, -0.1) is 0 Å². The summed E-state index contributed by atoms with van der Waals surface area (Å²) in [6, 6.07) is 23.7. The Kier molecular flexibility index (Phi) is 9.49. The van der Waals surface area contributed by atoms with Crippen LogP contribution in [0.15, 0.2) is 72.8 Å². The molecule has 1 aliphatic rings. The van der Waals surface area contributed by atoms with Gasteiger partial charge in [-0.25, -0.2) is 0 Å². The molecule has 0 spiro atoms. The summed E-state index contributed by atoms with van der Waals surface area (Å²) in [4.78, 5) is 19.4. The number of carbonyl (C=O) groups excluding carboxylic acids is 1. The molecule has 1 N–H and O–H groups in total. The fourth-order valence-corrected chi connectivity index (χ4v) is 4.88. The Morgan fingerprint density at radius 1 is 1.03 bits per heavy atom. The normalized spacial score (nSPS) is 18.4. The number of anilines is 1. The number of aliphatic hydroxyl groups is 1. The van der Waals surface area contributed by atoms with E-state index in [4.69, 9.17) is 9.47 Å². The van der Waals surface area contributed by atoms with Crippen molar-refractivity contribution in [2.75, 3.05) is 45.7 Å². The number of hydrogen-bond acceptors (Lipinski definition) is 6. The molecule has 1 amide bonds. The maximum absolute atomic E-state index is 13.3. The largest absolute Gasteiger partial charge is 0.488 e. The van der Waals surface area contributed by atoms with Crippen molar-refractivity contribution in [3.8, 4) is 17.2 Å². The molecule has 1 aliphatic heterocycles. The second kappa shape index (κ2) is 13.0. The van der Waals surface area contributed by atoms with Crippen molar-refractivity contribution in [3.63, 3.8) is 0 Å². The topological polar surface area (TPSA) is 65.5 Å². The van der Waals surface area contributed by atoms with E-state index in [1.807, 2.05) is 91.5 Å². The van der Waals surface area contributed by atoms with E-state index < -0.39 is 0 Å². The Bertz CT molecular complexity index is 1220. The Balaban J connectivity index is 1.50. The fraction of sp³-hybridized carbons (Fsp3) is 0.406. The Labute approximate surface area is 232 Å². The zero-order valence-electron chi connectivity index (χ0n) is 23.7. The van der Waals surface area contributed by atoms with Crippen molar-refractivity contribution in [3.05, 3.63) is 83.9 Å². The zero-order valence-corrected chi connectivity index (χ0v) is 23.7. The maximum Gasteiger partial charge on any atom is 0.227 e. The summed E-state index contributed by atoms with van der Waals surface area (Å²) in [6.07, 6.45) is 0.104. The number of aliphatic hydroxyl groups excluding tert-OH is 1. The molecule has 1 heterocycles. The van der Waals surface area contributed by atoms with Gasteiger partial charge in [-0.05, 0) is 62.0 Å².